The van der Waals surface area contributed by atoms with Crippen molar-refractivity contribution < 1.29 is 0 Å². The Balaban J connectivity index is 1.81. The molecule has 0 spiro atoms. The summed E-state index contributed by atoms with van der Waals surface area (Å²) in [5.41, 5.74) is 0. The third-order valence-corrected chi connectivity index (χ3v) is 3.23. The van der Waals surface area contributed by atoms with Gasteiger partial charge in [-0.1, -0.05) is 0 Å². The average molecular weight is 169 g/mol. The van der Waals surface area contributed by atoms with Gasteiger partial charge >= 0.3 is 0 Å². The second-order valence-electron chi connectivity index (χ2n) is 4.10. The van der Waals surface area contributed by atoms with Crippen molar-refractivity contribution in [3.63, 3.8) is 0 Å². The minimum atomic E-state index is 0.716. The maximum Gasteiger partial charge on any atom is 0.0372 e. The van der Waals surface area contributed by atoms with Crippen LogP contribution in [-0.2, 0) is 0 Å². The Morgan fingerprint density at radius 2 is 1.83 bits per heavy atom. The van der Waals surface area contributed by atoms with Gasteiger partial charge in [-0.15, -0.1) is 0 Å². The number of nitrogens with one attached hydrogen (secondary N) is 1. The van der Waals surface area contributed by atoms with E-state index >= 15 is 0 Å². The summed E-state index contributed by atoms with van der Waals surface area (Å²) in [6, 6.07) is 1.53. The van der Waals surface area contributed by atoms with Crippen molar-refractivity contribution in [1.29, 1.82) is 0 Å². The monoisotopic (exact) mass is 169 g/mol. The molecule has 2 atom stereocenters. The Morgan fingerprint density at radius 3 is 2.25 bits per heavy atom. The van der Waals surface area contributed by atoms with Crippen molar-refractivity contribution in [3.8, 4) is 0 Å². The Labute approximate surface area is 74.7 Å². The van der Waals surface area contributed by atoms with Crippen molar-refractivity contribution >= 4 is 0 Å². The fraction of sp³-hybridized carbons (Fsp3) is 1.00. The van der Waals surface area contributed by atoms with E-state index in [1.807, 2.05) is 0 Å². The van der Waals surface area contributed by atoms with E-state index in [9.17, 15) is 0 Å². The summed E-state index contributed by atoms with van der Waals surface area (Å²) >= 11 is 0. The molecule has 0 aromatic heterocycles. The lowest BCUT2D eigenvalue weighted by molar-refractivity contribution is 0.0581. The number of likely N-dealkylation sites (N-methyl/N-ethyl adjacent to an activating group) is 1. The summed E-state index contributed by atoms with van der Waals surface area (Å²) in [6.45, 7) is 8.48. The van der Waals surface area contributed by atoms with Crippen LogP contribution in [0.5, 0.6) is 0 Å². The molecule has 2 unspecified atom stereocenters. The fourth-order valence-electron chi connectivity index (χ4n) is 2.06. The molecule has 2 aliphatic heterocycles. The summed E-state index contributed by atoms with van der Waals surface area (Å²) in [5, 5.41) is 3.41. The van der Waals surface area contributed by atoms with E-state index in [0.717, 1.165) is 6.04 Å². The molecule has 3 heteroatoms. The van der Waals surface area contributed by atoms with E-state index in [1.54, 1.807) is 0 Å². The molecule has 1 N–H and O–H groups in total. The van der Waals surface area contributed by atoms with Gasteiger partial charge in [0.15, 0.2) is 0 Å². The van der Waals surface area contributed by atoms with E-state index in [2.05, 4.69) is 29.1 Å². The van der Waals surface area contributed by atoms with E-state index in [0.29, 0.717) is 6.04 Å². The smallest absolute Gasteiger partial charge is 0.0372 e. The highest BCUT2D eigenvalue weighted by Crippen LogP contribution is 2.13. The quantitative estimate of drug-likeness (QED) is 0.576. The van der Waals surface area contributed by atoms with Gasteiger partial charge in [-0.25, -0.2) is 0 Å². The van der Waals surface area contributed by atoms with Crippen LogP contribution < -0.4 is 5.32 Å². The van der Waals surface area contributed by atoms with Crippen molar-refractivity contribution in [1.82, 2.24) is 15.1 Å². The molecule has 0 aromatic carbocycles. The lowest BCUT2D eigenvalue weighted by Gasteiger charge is -2.46. The van der Waals surface area contributed by atoms with Crippen LogP contribution >= 0.6 is 0 Å². The highest BCUT2D eigenvalue weighted by molar-refractivity contribution is 4.93. The number of hydrogen-bond acceptors (Lipinski definition) is 3. The van der Waals surface area contributed by atoms with Gasteiger partial charge in [-0.3, -0.25) is 4.90 Å². The molecule has 2 heterocycles. The van der Waals surface area contributed by atoms with Crippen molar-refractivity contribution in [2.75, 3.05) is 39.8 Å². The van der Waals surface area contributed by atoms with E-state index in [4.69, 9.17) is 0 Å². The Hall–Kier alpha value is -0.120. The topological polar surface area (TPSA) is 18.5 Å². The summed E-state index contributed by atoms with van der Waals surface area (Å²) in [5.74, 6) is 0. The normalized spacial score (nSPS) is 39.5. The maximum absolute atomic E-state index is 3.41. The summed E-state index contributed by atoms with van der Waals surface area (Å²) in [4.78, 5) is 5.04. The fourth-order valence-corrected chi connectivity index (χ4v) is 2.06. The standard InChI is InChI=1S/C9H19N3/c1-8-9(7-10-8)12-5-3-11(2)4-6-12/h8-10H,3-7H2,1-2H3. The molecule has 70 valence electrons. The van der Waals surface area contributed by atoms with Gasteiger partial charge in [-0.05, 0) is 14.0 Å². The van der Waals surface area contributed by atoms with Gasteiger partial charge in [0.05, 0.1) is 0 Å². The number of nitrogens with zero attached hydrogens (tertiary/aromatic N) is 2. The highest BCUT2D eigenvalue weighted by Gasteiger charge is 2.32. The van der Waals surface area contributed by atoms with Crippen LogP contribution in [0.25, 0.3) is 0 Å². The number of piperazine rings is 1. The summed E-state index contributed by atoms with van der Waals surface area (Å²) in [7, 11) is 2.21. The molecular weight excluding hydrogens is 150 g/mol. The average Bonchev–Trinajstić information content (AvgIpc) is 2.06. The maximum atomic E-state index is 3.41. The molecule has 2 rings (SSSR count). The van der Waals surface area contributed by atoms with E-state index in [-0.39, 0.29) is 0 Å². The first-order valence-corrected chi connectivity index (χ1v) is 4.93. The van der Waals surface area contributed by atoms with Crippen molar-refractivity contribution in [2.45, 2.75) is 19.0 Å². The zero-order valence-corrected chi connectivity index (χ0v) is 8.08. The molecular formula is C9H19N3. The highest BCUT2D eigenvalue weighted by atomic mass is 15.3. The van der Waals surface area contributed by atoms with Crippen molar-refractivity contribution in [2.24, 2.45) is 0 Å². The molecule has 0 bridgehead atoms. The van der Waals surface area contributed by atoms with Crippen LogP contribution in [-0.4, -0.2) is 61.7 Å². The SMILES string of the molecule is CC1NCC1N1CCN(C)CC1. The Kier molecular flexibility index (Phi) is 2.35. The third kappa shape index (κ3) is 1.49. The number of hydrogen-bond donors (Lipinski definition) is 1. The van der Waals surface area contributed by atoms with Crippen LogP contribution in [0.2, 0.25) is 0 Å². The summed E-state index contributed by atoms with van der Waals surface area (Å²) < 4.78 is 0. The molecule has 2 aliphatic rings. The van der Waals surface area contributed by atoms with E-state index in [1.165, 1.54) is 32.7 Å². The molecule has 0 aromatic rings. The van der Waals surface area contributed by atoms with Crippen LogP contribution in [0.4, 0.5) is 0 Å². The van der Waals surface area contributed by atoms with Gasteiger partial charge < -0.3 is 10.2 Å². The minimum Gasteiger partial charge on any atom is -0.311 e. The largest absolute Gasteiger partial charge is 0.311 e. The Morgan fingerprint density at radius 1 is 1.17 bits per heavy atom. The van der Waals surface area contributed by atoms with Gasteiger partial charge in [0.2, 0.25) is 0 Å². The molecule has 3 nitrogen and oxygen atoms in total. The van der Waals surface area contributed by atoms with Crippen molar-refractivity contribution in [3.05, 3.63) is 0 Å². The van der Waals surface area contributed by atoms with Crippen LogP contribution in [0.1, 0.15) is 6.92 Å². The van der Waals surface area contributed by atoms with Gasteiger partial charge in [0.25, 0.3) is 0 Å². The first kappa shape index (κ1) is 8.48. The summed E-state index contributed by atoms with van der Waals surface area (Å²) in [6.07, 6.45) is 0. The minimum absolute atomic E-state index is 0.716. The zero-order valence-electron chi connectivity index (χ0n) is 8.08. The molecule has 2 saturated heterocycles. The van der Waals surface area contributed by atoms with Crippen LogP contribution in [0.3, 0.4) is 0 Å². The molecule has 0 saturated carbocycles. The van der Waals surface area contributed by atoms with Gasteiger partial charge in [0.1, 0.15) is 0 Å². The van der Waals surface area contributed by atoms with Crippen LogP contribution in [0, 0.1) is 0 Å². The predicted molar refractivity (Wildman–Crippen MR) is 50.3 cm³/mol. The zero-order chi connectivity index (χ0) is 8.55. The molecule has 0 aliphatic carbocycles. The molecule has 0 amide bonds. The Bertz CT molecular complexity index is 152. The molecule has 12 heavy (non-hydrogen) atoms. The predicted octanol–water partition coefficient (Wildman–Crippen LogP) is -0.406. The second-order valence-corrected chi connectivity index (χ2v) is 4.10. The lowest BCUT2D eigenvalue weighted by atomic mass is 10.00. The molecule has 2 fully saturated rings. The lowest BCUT2D eigenvalue weighted by Crippen LogP contribution is -2.66. The first-order chi connectivity index (χ1) is 5.77. The van der Waals surface area contributed by atoms with Gasteiger partial charge in [-0.2, -0.15) is 0 Å². The number of rotatable bonds is 1. The van der Waals surface area contributed by atoms with E-state index < -0.39 is 0 Å². The second kappa shape index (κ2) is 3.32. The van der Waals surface area contributed by atoms with Crippen LogP contribution in [0.15, 0.2) is 0 Å². The third-order valence-electron chi connectivity index (χ3n) is 3.23. The van der Waals surface area contributed by atoms with Gasteiger partial charge in [0, 0.05) is 44.8 Å². The first-order valence-electron chi connectivity index (χ1n) is 4.93. The molecule has 0 radical (unpaired) electrons.